The summed E-state index contributed by atoms with van der Waals surface area (Å²) >= 11 is 0. The molecule has 2 heterocycles. The minimum Gasteiger partial charge on any atom is -0.340 e. The molecule has 0 aliphatic carbocycles. The van der Waals surface area contributed by atoms with E-state index in [2.05, 4.69) is 11.9 Å². The molecule has 4 heteroatoms. The first-order valence-corrected chi connectivity index (χ1v) is 7.95. The third-order valence-corrected chi connectivity index (χ3v) is 5.08. The normalized spacial score (nSPS) is 27.4. The first-order valence-electron chi connectivity index (χ1n) is 7.95. The van der Waals surface area contributed by atoms with Gasteiger partial charge in [0.25, 0.3) is 0 Å². The van der Waals surface area contributed by atoms with E-state index in [-0.39, 0.29) is 5.91 Å². The molecule has 2 aliphatic heterocycles. The number of carbonyl (C=O) groups is 1. The summed E-state index contributed by atoms with van der Waals surface area (Å²) in [6.07, 6.45) is 4.19. The molecule has 3 rings (SSSR count). The van der Waals surface area contributed by atoms with E-state index in [0.29, 0.717) is 18.5 Å². The minimum atomic E-state index is -0.422. The van der Waals surface area contributed by atoms with Gasteiger partial charge in [-0.2, -0.15) is 0 Å². The van der Waals surface area contributed by atoms with Crippen LogP contribution in [0.1, 0.15) is 24.8 Å². The van der Waals surface area contributed by atoms with Crippen molar-refractivity contribution in [2.24, 2.45) is 5.73 Å². The number of hydrogen-bond acceptors (Lipinski definition) is 3. The number of fused-ring (bicyclic) bond motifs is 2. The van der Waals surface area contributed by atoms with E-state index < -0.39 is 6.04 Å². The van der Waals surface area contributed by atoms with Crippen molar-refractivity contribution in [3.8, 4) is 0 Å². The van der Waals surface area contributed by atoms with Crippen LogP contribution in [0.3, 0.4) is 0 Å². The molecule has 3 atom stereocenters. The smallest absolute Gasteiger partial charge is 0.239 e. The Bertz CT molecular complexity index is 490. The Kier molecular flexibility index (Phi) is 4.27. The van der Waals surface area contributed by atoms with Gasteiger partial charge in [-0.1, -0.05) is 30.3 Å². The molecule has 1 aromatic carbocycles. The molecule has 2 bridgehead atoms. The zero-order valence-corrected chi connectivity index (χ0v) is 12.7. The second kappa shape index (κ2) is 6.16. The van der Waals surface area contributed by atoms with E-state index in [1.807, 2.05) is 35.2 Å². The SMILES string of the molecule is CN1C2CCC1CN(C(=O)[C@H](N)Cc1ccccc1)CC2. The summed E-state index contributed by atoms with van der Waals surface area (Å²) in [6.45, 7) is 1.70. The number of likely N-dealkylation sites (tertiary alicyclic amines) is 1. The van der Waals surface area contributed by atoms with Crippen LogP contribution in [0.15, 0.2) is 30.3 Å². The van der Waals surface area contributed by atoms with Crippen LogP contribution >= 0.6 is 0 Å². The van der Waals surface area contributed by atoms with Gasteiger partial charge in [-0.05, 0) is 38.3 Å². The van der Waals surface area contributed by atoms with Crippen molar-refractivity contribution in [1.82, 2.24) is 9.80 Å². The van der Waals surface area contributed by atoms with Gasteiger partial charge in [-0.25, -0.2) is 0 Å². The van der Waals surface area contributed by atoms with E-state index in [9.17, 15) is 4.79 Å². The lowest BCUT2D eigenvalue weighted by Crippen LogP contribution is -2.48. The average molecular weight is 287 g/mol. The first kappa shape index (κ1) is 14.5. The van der Waals surface area contributed by atoms with E-state index in [1.54, 1.807) is 0 Å². The Morgan fingerprint density at radius 3 is 2.71 bits per heavy atom. The number of nitrogens with zero attached hydrogens (tertiary/aromatic N) is 2. The maximum absolute atomic E-state index is 12.6. The molecule has 114 valence electrons. The van der Waals surface area contributed by atoms with Crippen molar-refractivity contribution < 1.29 is 4.79 Å². The second-order valence-corrected chi connectivity index (χ2v) is 6.42. The van der Waals surface area contributed by atoms with E-state index in [0.717, 1.165) is 25.1 Å². The monoisotopic (exact) mass is 287 g/mol. The molecule has 0 spiro atoms. The summed E-state index contributed by atoms with van der Waals surface area (Å²) in [6, 6.07) is 10.8. The van der Waals surface area contributed by atoms with E-state index >= 15 is 0 Å². The fraction of sp³-hybridized carbons (Fsp3) is 0.588. The van der Waals surface area contributed by atoms with Gasteiger partial charge in [0.05, 0.1) is 6.04 Å². The van der Waals surface area contributed by atoms with Crippen LogP contribution in [0.2, 0.25) is 0 Å². The Labute approximate surface area is 126 Å². The number of nitrogens with two attached hydrogens (primary N) is 1. The Morgan fingerprint density at radius 1 is 1.24 bits per heavy atom. The van der Waals surface area contributed by atoms with Gasteiger partial charge in [-0.3, -0.25) is 9.69 Å². The highest BCUT2D eigenvalue weighted by molar-refractivity contribution is 5.82. The van der Waals surface area contributed by atoms with Gasteiger partial charge in [0.2, 0.25) is 5.91 Å². The Hall–Kier alpha value is -1.39. The van der Waals surface area contributed by atoms with Gasteiger partial charge in [0.15, 0.2) is 0 Å². The molecular weight excluding hydrogens is 262 g/mol. The highest BCUT2D eigenvalue weighted by Crippen LogP contribution is 2.28. The molecule has 0 saturated carbocycles. The van der Waals surface area contributed by atoms with Crippen molar-refractivity contribution in [1.29, 1.82) is 0 Å². The number of rotatable bonds is 3. The summed E-state index contributed by atoms with van der Waals surface area (Å²) in [7, 11) is 2.19. The molecule has 2 fully saturated rings. The van der Waals surface area contributed by atoms with Crippen LogP contribution in [0.25, 0.3) is 0 Å². The predicted octanol–water partition coefficient (Wildman–Crippen LogP) is 1.25. The number of amides is 1. The van der Waals surface area contributed by atoms with Gasteiger partial charge in [0, 0.05) is 25.2 Å². The Morgan fingerprint density at radius 2 is 1.95 bits per heavy atom. The molecule has 2 N–H and O–H groups in total. The third-order valence-electron chi connectivity index (χ3n) is 5.08. The van der Waals surface area contributed by atoms with Crippen LogP contribution in [0, 0.1) is 0 Å². The predicted molar refractivity (Wildman–Crippen MR) is 83.9 cm³/mol. The number of carbonyl (C=O) groups excluding carboxylic acids is 1. The number of hydrogen-bond donors (Lipinski definition) is 1. The third kappa shape index (κ3) is 3.11. The summed E-state index contributed by atoms with van der Waals surface area (Å²) in [5.74, 6) is 0.111. The van der Waals surface area contributed by atoms with Crippen LogP contribution in [-0.2, 0) is 11.2 Å². The quantitative estimate of drug-likeness (QED) is 0.910. The first-order chi connectivity index (χ1) is 10.1. The van der Waals surface area contributed by atoms with Crippen LogP contribution in [0.5, 0.6) is 0 Å². The van der Waals surface area contributed by atoms with Crippen LogP contribution < -0.4 is 5.73 Å². The lowest BCUT2D eigenvalue weighted by molar-refractivity contribution is -0.132. The second-order valence-electron chi connectivity index (χ2n) is 6.42. The Balaban J connectivity index is 1.62. The lowest BCUT2D eigenvalue weighted by atomic mass is 10.0. The molecule has 2 unspecified atom stereocenters. The maximum atomic E-state index is 12.6. The molecule has 2 aliphatic rings. The van der Waals surface area contributed by atoms with Crippen molar-refractivity contribution in [2.75, 3.05) is 20.1 Å². The van der Waals surface area contributed by atoms with Gasteiger partial charge < -0.3 is 10.6 Å². The highest BCUT2D eigenvalue weighted by Gasteiger charge is 2.36. The topological polar surface area (TPSA) is 49.6 Å². The van der Waals surface area contributed by atoms with Crippen molar-refractivity contribution in [3.63, 3.8) is 0 Å². The molecule has 21 heavy (non-hydrogen) atoms. The molecule has 2 saturated heterocycles. The largest absolute Gasteiger partial charge is 0.340 e. The average Bonchev–Trinajstić information content (AvgIpc) is 2.72. The molecular formula is C17H25N3O. The maximum Gasteiger partial charge on any atom is 0.239 e. The molecule has 0 aromatic heterocycles. The number of likely N-dealkylation sites (N-methyl/N-ethyl adjacent to an activating group) is 1. The van der Waals surface area contributed by atoms with Crippen LogP contribution in [-0.4, -0.2) is 54.0 Å². The van der Waals surface area contributed by atoms with Crippen molar-refractivity contribution in [3.05, 3.63) is 35.9 Å². The summed E-state index contributed by atoms with van der Waals surface area (Å²) in [5, 5.41) is 0. The zero-order chi connectivity index (χ0) is 14.8. The van der Waals surface area contributed by atoms with Gasteiger partial charge in [-0.15, -0.1) is 0 Å². The summed E-state index contributed by atoms with van der Waals surface area (Å²) < 4.78 is 0. The fourth-order valence-electron chi connectivity index (χ4n) is 3.70. The van der Waals surface area contributed by atoms with Gasteiger partial charge in [0.1, 0.15) is 0 Å². The van der Waals surface area contributed by atoms with Crippen molar-refractivity contribution in [2.45, 2.75) is 43.8 Å². The molecule has 0 radical (unpaired) electrons. The lowest BCUT2D eigenvalue weighted by Gasteiger charge is -2.28. The van der Waals surface area contributed by atoms with E-state index in [4.69, 9.17) is 5.73 Å². The highest BCUT2D eigenvalue weighted by atomic mass is 16.2. The molecule has 4 nitrogen and oxygen atoms in total. The summed E-state index contributed by atoms with van der Waals surface area (Å²) in [5.41, 5.74) is 7.29. The summed E-state index contributed by atoms with van der Waals surface area (Å²) in [4.78, 5) is 17.1. The number of benzene rings is 1. The van der Waals surface area contributed by atoms with Crippen molar-refractivity contribution >= 4 is 5.91 Å². The fourth-order valence-corrected chi connectivity index (χ4v) is 3.70. The molecule has 1 aromatic rings. The van der Waals surface area contributed by atoms with Gasteiger partial charge >= 0.3 is 0 Å². The zero-order valence-electron chi connectivity index (χ0n) is 12.7. The van der Waals surface area contributed by atoms with E-state index in [1.165, 1.54) is 12.8 Å². The molecule has 1 amide bonds. The van der Waals surface area contributed by atoms with Crippen LogP contribution in [0.4, 0.5) is 0 Å². The minimum absolute atomic E-state index is 0.111. The standard InChI is InChI=1S/C17H25N3O/c1-19-14-7-8-15(19)12-20(10-9-14)17(21)16(18)11-13-5-3-2-4-6-13/h2-6,14-16H,7-12,18H2,1H3/t14?,15?,16-/m1/s1.